The number of carbonyl (C=O) groups excluding carboxylic acids is 1. The Balaban J connectivity index is 1.56. The van der Waals surface area contributed by atoms with Crippen molar-refractivity contribution in [3.05, 3.63) is 65.4 Å². The van der Waals surface area contributed by atoms with Crippen molar-refractivity contribution in [2.24, 2.45) is 0 Å². The van der Waals surface area contributed by atoms with Gasteiger partial charge in [-0.3, -0.25) is 4.18 Å². The van der Waals surface area contributed by atoms with Crippen LogP contribution in [0.4, 0.5) is 0 Å². The van der Waals surface area contributed by atoms with Crippen LogP contribution in [0, 0.1) is 6.92 Å². The molecular weight excluding hydrogens is 424 g/mol. The molecule has 2 aliphatic heterocycles. The van der Waals surface area contributed by atoms with Gasteiger partial charge >= 0.3 is 5.97 Å². The van der Waals surface area contributed by atoms with Crippen molar-refractivity contribution < 1.29 is 36.3 Å². The molecule has 8 nitrogen and oxygen atoms in total. The van der Waals surface area contributed by atoms with Crippen LogP contribution in [0.3, 0.4) is 0 Å². The van der Waals surface area contributed by atoms with Crippen molar-refractivity contribution in [3.63, 3.8) is 0 Å². The van der Waals surface area contributed by atoms with Gasteiger partial charge < -0.3 is 18.9 Å². The van der Waals surface area contributed by atoms with E-state index in [1.807, 2.05) is 19.1 Å². The Labute approximate surface area is 180 Å². The van der Waals surface area contributed by atoms with Gasteiger partial charge in [-0.1, -0.05) is 23.8 Å². The molecule has 2 aliphatic rings. The molecule has 0 aliphatic carbocycles. The Morgan fingerprint density at radius 1 is 1.10 bits per heavy atom. The Bertz CT molecular complexity index is 1100. The minimum Gasteiger partial charge on any atom is -0.497 e. The van der Waals surface area contributed by atoms with E-state index in [1.165, 1.54) is 25.3 Å². The smallest absolute Gasteiger partial charge is 0.335 e. The van der Waals surface area contributed by atoms with Crippen molar-refractivity contribution in [2.75, 3.05) is 13.9 Å². The normalized spacial score (nSPS) is 18.5. The molecule has 2 atom stereocenters. The summed E-state index contributed by atoms with van der Waals surface area (Å²) in [5, 5.41) is 0. The van der Waals surface area contributed by atoms with Gasteiger partial charge in [0.2, 0.25) is 6.79 Å². The van der Waals surface area contributed by atoms with Crippen molar-refractivity contribution >= 4 is 16.1 Å². The van der Waals surface area contributed by atoms with Gasteiger partial charge in [0.1, 0.15) is 11.9 Å². The van der Waals surface area contributed by atoms with Gasteiger partial charge in [0.25, 0.3) is 10.1 Å². The Morgan fingerprint density at radius 2 is 1.84 bits per heavy atom. The summed E-state index contributed by atoms with van der Waals surface area (Å²) in [6, 6.07) is 11.8. The van der Waals surface area contributed by atoms with Gasteiger partial charge in [-0.2, -0.15) is 8.42 Å². The molecule has 0 spiro atoms. The van der Waals surface area contributed by atoms with Crippen LogP contribution in [0.5, 0.6) is 11.5 Å². The number of fused-ring (bicyclic) bond motifs is 1. The number of esters is 1. The molecule has 0 amide bonds. The molecule has 0 radical (unpaired) electrons. The second-order valence-electron chi connectivity index (χ2n) is 7.24. The molecule has 4 rings (SSSR count). The average molecular weight is 446 g/mol. The van der Waals surface area contributed by atoms with E-state index in [4.69, 9.17) is 23.1 Å². The summed E-state index contributed by atoms with van der Waals surface area (Å²) < 4.78 is 52.6. The standard InChI is InChI=1S/C22H22O8S/c1-14-3-7-16(8-4-14)31(24,25)30-18(22-20(26-2)12-21(23)29-22)10-6-15-5-9-17-19(11-15)28-13-27-17/h3-5,7-9,11-12,18,22H,6,10,13H2,1-2H3. The third-order valence-corrected chi connectivity index (χ3v) is 6.42. The molecule has 0 saturated heterocycles. The third kappa shape index (κ3) is 4.67. The van der Waals surface area contributed by atoms with Gasteiger partial charge in [-0.15, -0.1) is 0 Å². The molecule has 2 unspecified atom stereocenters. The summed E-state index contributed by atoms with van der Waals surface area (Å²) in [5.74, 6) is 0.908. The lowest BCUT2D eigenvalue weighted by molar-refractivity contribution is -0.143. The first-order chi connectivity index (χ1) is 14.9. The van der Waals surface area contributed by atoms with E-state index in [-0.39, 0.29) is 23.9 Å². The number of hydrogen-bond acceptors (Lipinski definition) is 8. The predicted octanol–water partition coefficient (Wildman–Crippen LogP) is 2.89. The highest BCUT2D eigenvalue weighted by molar-refractivity contribution is 7.86. The maximum absolute atomic E-state index is 12.9. The lowest BCUT2D eigenvalue weighted by Gasteiger charge is -2.24. The highest BCUT2D eigenvalue weighted by Gasteiger charge is 2.38. The largest absolute Gasteiger partial charge is 0.497 e. The maximum Gasteiger partial charge on any atom is 0.335 e. The fraction of sp³-hybridized carbons (Fsp3) is 0.318. The summed E-state index contributed by atoms with van der Waals surface area (Å²) in [6.45, 7) is 2.03. The van der Waals surface area contributed by atoms with E-state index in [9.17, 15) is 13.2 Å². The first-order valence-electron chi connectivity index (χ1n) is 9.70. The Kier molecular flexibility index (Phi) is 5.88. The van der Waals surface area contributed by atoms with Gasteiger partial charge in [0.15, 0.2) is 17.6 Å². The van der Waals surface area contributed by atoms with Crippen LogP contribution in [0.2, 0.25) is 0 Å². The molecule has 0 fully saturated rings. The Hall–Kier alpha value is -3.04. The van der Waals surface area contributed by atoms with E-state index >= 15 is 0 Å². The second-order valence-corrected chi connectivity index (χ2v) is 8.81. The molecule has 0 saturated carbocycles. The van der Waals surface area contributed by atoms with Crippen molar-refractivity contribution in [1.29, 1.82) is 0 Å². The van der Waals surface area contributed by atoms with Crippen LogP contribution in [0.25, 0.3) is 0 Å². The molecule has 0 bridgehead atoms. The molecule has 9 heteroatoms. The summed E-state index contributed by atoms with van der Waals surface area (Å²) in [5.41, 5.74) is 1.82. The predicted molar refractivity (Wildman–Crippen MR) is 109 cm³/mol. The van der Waals surface area contributed by atoms with E-state index in [1.54, 1.807) is 18.2 Å². The summed E-state index contributed by atoms with van der Waals surface area (Å²) in [7, 11) is -2.70. The minimum atomic E-state index is -4.10. The number of rotatable bonds is 8. The number of methoxy groups -OCH3 is 1. The summed E-state index contributed by atoms with van der Waals surface area (Å²) in [4.78, 5) is 11.8. The average Bonchev–Trinajstić information content (AvgIpc) is 3.37. The lowest BCUT2D eigenvalue weighted by Crippen LogP contribution is -2.34. The van der Waals surface area contributed by atoms with E-state index in [0.29, 0.717) is 17.9 Å². The molecule has 0 N–H and O–H groups in total. The zero-order valence-electron chi connectivity index (χ0n) is 17.1. The maximum atomic E-state index is 12.9. The molecule has 31 heavy (non-hydrogen) atoms. The Morgan fingerprint density at radius 3 is 2.58 bits per heavy atom. The monoisotopic (exact) mass is 446 g/mol. The number of benzene rings is 2. The second kappa shape index (κ2) is 8.60. The topological polar surface area (TPSA) is 97.4 Å². The van der Waals surface area contributed by atoms with Gasteiger partial charge in [0.05, 0.1) is 18.1 Å². The van der Waals surface area contributed by atoms with Crippen LogP contribution in [0.1, 0.15) is 17.5 Å². The first kappa shape index (κ1) is 21.2. The lowest BCUT2D eigenvalue weighted by atomic mass is 10.0. The number of aryl methyl sites for hydroxylation is 2. The minimum absolute atomic E-state index is 0.0263. The SMILES string of the molecule is COC1=CC(=O)OC1C(CCc1ccc2c(c1)OCO2)OS(=O)(=O)c1ccc(C)cc1. The fourth-order valence-electron chi connectivity index (χ4n) is 3.43. The number of hydrogen-bond donors (Lipinski definition) is 0. The molecule has 2 heterocycles. The quantitative estimate of drug-likeness (QED) is 0.451. The van der Waals surface area contributed by atoms with Gasteiger partial charge in [-0.05, 0) is 49.6 Å². The molecule has 164 valence electrons. The molecular formula is C22H22O8S. The number of cyclic esters (lactones) is 1. The zero-order valence-corrected chi connectivity index (χ0v) is 17.9. The van der Waals surface area contributed by atoms with Crippen molar-refractivity contribution in [3.8, 4) is 11.5 Å². The van der Waals surface area contributed by atoms with Crippen molar-refractivity contribution in [1.82, 2.24) is 0 Å². The van der Waals surface area contributed by atoms with Crippen LogP contribution in [0.15, 0.2) is 59.2 Å². The van der Waals surface area contributed by atoms with Gasteiger partial charge in [-0.25, -0.2) is 4.79 Å². The summed E-state index contributed by atoms with van der Waals surface area (Å²) in [6.07, 6.45) is -0.0414. The van der Waals surface area contributed by atoms with E-state index < -0.39 is 28.3 Å². The molecule has 0 aromatic heterocycles. The highest BCUT2D eigenvalue weighted by Crippen LogP contribution is 2.34. The van der Waals surface area contributed by atoms with Crippen LogP contribution >= 0.6 is 0 Å². The first-order valence-corrected chi connectivity index (χ1v) is 11.1. The van der Waals surface area contributed by atoms with Gasteiger partial charge in [0, 0.05) is 0 Å². The van der Waals surface area contributed by atoms with E-state index in [0.717, 1.165) is 11.1 Å². The van der Waals surface area contributed by atoms with Crippen LogP contribution in [-0.2, 0) is 35.0 Å². The zero-order chi connectivity index (χ0) is 22.0. The fourth-order valence-corrected chi connectivity index (χ4v) is 4.53. The number of ether oxygens (including phenoxy) is 4. The van der Waals surface area contributed by atoms with E-state index in [2.05, 4.69) is 0 Å². The third-order valence-electron chi connectivity index (χ3n) is 5.07. The molecule has 2 aromatic rings. The molecule has 2 aromatic carbocycles. The van der Waals surface area contributed by atoms with Crippen LogP contribution in [-0.4, -0.2) is 40.5 Å². The van der Waals surface area contributed by atoms with Crippen LogP contribution < -0.4 is 9.47 Å². The number of carbonyl (C=O) groups is 1. The summed E-state index contributed by atoms with van der Waals surface area (Å²) >= 11 is 0. The highest BCUT2D eigenvalue weighted by atomic mass is 32.2. The van der Waals surface area contributed by atoms with Crippen molar-refractivity contribution in [2.45, 2.75) is 36.9 Å².